The molecule has 1 atom stereocenters. The summed E-state index contributed by atoms with van der Waals surface area (Å²) in [5, 5.41) is 0. The Bertz CT molecular complexity index is 281. The van der Waals surface area contributed by atoms with E-state index in [1.807, 2.05) is 26.0 Å². The summed E-state index contributed by atoms with van der Waals surface area (Å²) in [6, 6.07) is 6.84. The van der Waals surface area contributed by atoms with Crippen LogP contribution >= 0.6 is 0 Å². The highest BCUT2D eigenvalue weighted by atomic mass is 16.7. The summed E-state index contributed by atoms with van der Waals surface area (Å²) >= 11 is 0. The second kappa shape index (κ2) is 2.16. The topological polar surface area (TPSA) is 18.5 Å². The molecule has 0 N–H and O–H groups in total. The Morgan fingerprint density at radius 1 is 1.45 bits per heavy atom. The summed E-state index contributed by atoms with van der Waals surface area (Å²) in [6.45, 7) is 3.87. The Hall–Kier alpha value is -1.18. The number of aryl methyl sites for hydroxylation is 1. The van der Waals surface area contributed by atoms with E-state index in [0.717, 1.165) is 17.1 Å². The molecule has 2 heteroatoms. The van der Waals surface area contributed by atoms with Gasteiger partial charge in [-0.3, -0.25) is 0 Å². The zero-order chi connectivity index (χ0) is 7.84. The van der Waals surface area contributed by atoms with Crippen LogP contribution in [0.4, 0.5) is 0 Å². The molecule has 1 heterocycles. The van der Waals surface area contributed by atoms with Crippen molar-refractivity contribution >= 4 is 0 Å². The summed E-state index contributed by atoms with van der Waals surface area (Å²) in [5.41, 5.74) is 1.14. The standard InChI is InChI=1S/C9H9O2/c1-6-3-4-8-9(5-6)11-7(2)10-8/h3,5,7H,1-2H3. The molecule has 0 aliphatic carbocycles. The zero-order valence-electron chi connectivity index (χ0n) is 6.55. The molecule has 0 bridgehead atoms. The first-order valence-corrected chi connectivity index (χ1v) is 3.61. The lowest BCUT2D eigenvalue weighted by atomic mass is 10.2. The van der Waals surface area contributed by atoms with Crippen molar-refractivity contribution in [1.29, 1.82) is 0 Å². The van der Waals surface area contributed by atoms with E-state index in [1.165, 1.54) is 0 Å². The van der Waals surface area contributed by atoms with Gasteiger partial charge in [0.05, 0.1) is 0 Å². The molecule has 0 saturated carbocycles. The summed E-state index contributed by atoms with van der Waals surface area (Å²) in [7, 11) is 0. The first kappa shape index (κ1) is 6.53. The fourth-order valence-electron chi connectivity index (χ4n) is 1.11. The molecule has 0 aromatic heterocycles. The van der Waals surface area contributed by atoms with Gasteiger partial charge in [0.2, 0.25) is 6.29 Å². The smallest absolute Gasteiger partial charge is 0.238 e. The number of rotatable bonds is 0. The van der Waals surface area contributed by atoms with Gasteiger partial charge in [0.25, 0.3) is 0 Å². The third-order valence-corrected chi connectivity index (χ3v) is 1.59. The fraction of sp³-hybridized carbons (Fsp3) is 0.333. The molecule has 1 aromatic rings. The quantitative estimate of drug-likeness (QED) is 0.561. The maximum atomic E-state index is 5.33. The number of benzene rings is 1. The van der Waals surface area contributed by atoms with Crippen molar-refractivity contribution in [3.63, 3.8) is 0 Å². The van der Waals surface area contributed by atoms with Gasteiger partial charge in [-0.15, -0.1) is 0 Å². The van der Waals surface area contributed by atoms with Crippen LogP contribution in [0.25, 0.3) is 0 Å². The molecule has 0 saturated heterocycles. The minimum Gasteiger partial charge on any atom is -0.451 e. The van der Waals surface area contributed by atoms with E-state index in [4.69, 9.17) is 9.47 Å². The van der Waals surface area contributed by atoms with Gasteiger partial charge >= 0.3 is 0 Å². The van der Waals surface area contributed by atoms with Crippen molar-refractivity contribution in [3.8, 4) is 11.5 Å². The molecule has 1 radical (unpaired) electrons. The van der Waals surface area contributed by atoms with Crippen LogP contribution in [0.2, 0.25) is 0 Å². The average Bonchev–Trinajstić information content (AvgIpc) is 2.27. The van der Waals surface area contributed by atoms with Crippen molar-refractivity contribution in [2.24, 2.45) is 0 Å². The molecule has 2 nitrogen and oxygen atoms in total. The third-order valence-electron chi connectivity index (χ3n) is 1.59. The van der Waals surface area contributed by atoms with Crippen molar-refractivity contribution in [2.75, 3.05) is 0 Å². The lowest BCUT2D eigenvalue weighted by Gasteiger charge is -1.99. The predicted octanol–water partition coefficient (Wildman–Crippen LogP) is 1.91. The molecule has 1 unspecified atom stereocenters. The number of fused-ring (bicyclic) bond motifs is 1. The highest BCUT2D eigenvalue weighted by Crippen LogP contribution is 2.34. The largest absolute Gasteiger partial charge is 0.451 e. The first-order valence-electron chi connectivity index (χ1n) is 3.61. The predicted molar refractivity (Wildman–Crippen MR) is 40.7 cm³/mol. The van der Waals surface area contributed by atoms with Gasteiger partial charge < -0.3 is 9.47 Å². The molecule has 57 valence electrons. The maximum Gasteiger partial charge on any atom is 0.238 e. The minimum atomic E-state index is -0.164. The molecule has 1 aliphatic rings. The molecule has 1 aromatic carbocycles. The SMILES string of the molecule is Cc1c[c]c2c(c1)OC(C)O2. The van der Waals surface area contributed by atoms with Crippen LogP contribution in [-0.2, 0) is 0 Å². The van der Waals surface area contributed by atoms with Gasteiger partial charge in [0, 0.05) is 13.0 Å². The van der Waals surface area contributed by atoms with Gasteiger partial charge in [0.1, 0.15) is 0 Å². The highest BCUT2D eigenvalue weighted by Gasteiger charge is 2.19. The number of ether oxygens (including phenoxy) is 2. The molecule has 2 rings (SSSR count). The van der Waals surface area contributed by atoms with Gasteiger partial charge in [-0.1, -0.05) is 0 Å². The Kier molecular flexibility index (Phi) is 1.28. The van der Waals surface area contributed by atoms with Crippen molar-refractivity contribution in [1.82, 2.24) is 0 Å². The third kappa shape index (κ3) is 1.04. The van der Waals surface area contributed by atoms with Gasteiger partial charge in [0.15, 0.2) is 11.5 Å². The maximum absolute atomic E-state index is 5.33. The van der Waals surface area contributed by atoms with E-state index >= 15 is 0 Å². The first-order chi connectivity index (χ1) is 5.25. The van der Waals surface area contributed by atoms with Crippen LogP contribution in [0, 0.1) is 13.0 Å². The molecule has 0 spiro atoms. The summed E-state index contributed by atoms with van der Waals surface area (Å²) in [6.07, 6.45) is -0.164. The van der Waals surface area contributed by atoms with Crippen LogP contribution < -0.4 is 9.47 Å². The second-order valence-electron chi connectivity index (χ2n) is 2.67. The summed E-state index contributed by atoms with van der Waals surface area (Å²) in [4.78, 5) is 0. The Labute approximate surface area is 65.7 Å². The molecule has 11 heavy (non-hydrogen) atoms. The monoisotopic (exact) mass is 149 g/mol. The summed E-state index contributed by atoms with van der Waals surface area (Å²) in [5.74, 6) is 1.53. The second-order valence-corrected chi connectivity index (χ2v) is 2.67. The van der Waals surface area contributed by atoms with E-state index in [0.29, 0.717) is 0 Å². The van der Waals surface area contributed by atoms with E-state index in [9.17, 15) is 0 Å². The normalized spacial score (nSPS) is 20.4. The van der Waals surface area contributed by atoms with Crippen LogP contribution in [0.1, 0.15) is 12.5 Å². The van der Waals surface area contributed by atoms with Crippen LogP contribution in [0.5, 0.6) is 11.5 Å². The number of hydrogen-bond donors (Lipinski definition) is 0. The molecule has 0 fully saturated rings. The number of hydrogen-bond acceptors (Lipinski definition) is 2. The lowest BCUT2D eigenvalue weighted by Crippen LogP contribution is -2.11. The van der Waals surface area contributed by atoms with Crippen LogP contribution in [-0.4, -0.2) is 6.29 Å². The van der Waals surface area contributed by atoms with E-state index in [-0.39, 0.29) is 6.29 Å². The van der Waals surface area contributed by atoms with E-state index < -0.39 is 0 Å². The van der Waals surface area contributed by atoms with Crippen molar-refractivity contribution in [3.05, 3.63) is 23.8 Å². The van der Waals surface area contributed by atoms with Crippen molar-refractivity contribution < 1.29 is 9.47 Å². The van der Waals surface area contributed by atoms with E-state index in [1.54, 1.807) is 0 Å². The fourth-order valence-corrected chi connectivity index (χ4v) is 1.11. The average molecular weight is 149 g/mol. The summed E-state index contributed by atoms with van der Waals surface area (Å²) < 4.78 is 10.6. The van der Waals surface area contributed by atoms with Crippen molar-refractivity contribution in [2.45, 2.75) is 20.1 Å². The minimum absolute atomic E-state index is 0.164. The highest BCUT2D eigenvalue weighted by molar-refractivity contribution is 5.43. The van der Waals surface area contributed by atoms with Crippen LogP contribution in [0.3, 0.4) is 0 Å². The zero-order valence-corrected chi connectivity index (χ0v) is 6.55. The Morgan fingerprint density at radius 3 is 3.09 bits per heavy atom. The molecule has 0 amide bonds. The molecular formula is C9H9O2. The molecular weight excluding hydrogens is 140 g/mol. The van der Waals surface area contributed by atoms with Gasteiger partial charge in [-0.2, -0.15) is 0 Å². The van der Waals surface area contributed by atoms with E-state index in [2.05, 4.69) is 6.07 Å². The lowest BCUT2D eigenvalue weighted by molar-refractivity contribution is 0.0677. The Balaban J connectivity index is 2.43. The van der Waals surface area contributed by atoms with Gasteiger partial charge in [-0.05, 0) is 24.6 Å². The van der Waals surface area contributed by atoms with Crippen LogP contribution in [0.15, 0.2) is 12.1 Å². The van der Waals surface area contributed by atoms with Gasteiger partial charge in [-0.25, -0.2) is 0 Å². The Morgan fingerprint density at radius 2 is 2.27 bits per heavy atom. The molecule has 1 aliphatic heterocycles.